The first-order valence-electron chi connectivity index (χ1n) is 33.5. The minimum Gasteiger partial charge on any atom is -0.393 e. The molecule has 8 unspecified atom stereocenters. The molecule has 105 heavy (non-hydrogen) atoms. The van der Waals surface area contributed by atoms with Crippen LogP contribution in [0.3, 0.4) is 0 Å². The fraction of sp³-hybridized carbons (Fsp3) is 0.487. The molecule has 4 aromatic carbocycles. The van der Waals surface area contributed by atoms with Gasteiger partial charge in [0, 0.05) is 182 Å². The Morgan fingerprint density at radius 2 is 0.638 bits per heavy atom. The van der Waals surface area contributed by atoms with Crippen molar-refractivity contribution in [2.45, 2.75) is 223 Å². The molecule has 594 valence electrons. The number of nitrogens with zero attached hydrogens (tertiary/aromatic N) is 8. The molecule has 8 N–H and O–H groups in total. The molecule has 0 fully saturated rings. The van der Waals surface area contributed by atoms with Gasteiger partial charge in [0.1, 0.15) is 6.10 Å². The Hall–Kier alpha value is -5.01. The van der Waals surface area contributed by atoms with Gasteiger partial charge >= 0.3 is 18.0 Å². The molecule has 4 heterocycles. The third-order valence-corrected chi connectivity index (χ3v) is 14.9. The van der Waals surface area contributed by atoms with E-state index in [4.69, 9.17) is 20.4 Å². The molecule has 4 radical (unpaired) electrons. The summed E-state index contributed by atoms with van der Waals surface area (Å²) < 4.78 is 86.8. The van der Waals surface area contributed by atoms with Gasteiger partial charge in [0.2, 0.25) is 0 Å². The summed E-state index contributed by atoms with van der Waals surface area (Å²) in [7, 11) is 0. The minimum atomic E-state index is -6.50. The maximum absolute atomic E-state index is 13.0. The maximum atomic E-state index is 13.0. The molecule has 0 aliphatic heterocycles. The van der Waals surface area contributed by atoms with Crippen LogP contribution in [-0.2, 0) is 80.4 Å². The summed E-state index contributed by atoms with van der Waals surface area (Å²) in [5, 5.41) is 73.2. The quantitative estimate of drug-likeness (QED) is 0.0260. The fourth-order valence-corrected chi connectivity index (χ4v) is 8.44. The summed E-state index contributed by atoms with van der Waals surface area (Å²) in [6.45, 7) is 29.3. The Labute approximate surface area is 671 Å². The Balaban J connectivity index is -0.000000557. The van der Waals surface area contributed by atoms with Crippen molar-refractivity contribution in [3.8, 4) is 45.0 Å². The molecule has 0 aliphatic carbocycles. The van der Waals surface area contributed by atoms with Crippen LogP contribution in [0.5, 0.6) is 0 Å². The number of hydrogen-bond acceptors (Lipinski definition) is 16. The van der Waals surface area contributed by atoms with E-state index in [2.05, 4.69) is 78.0 Å². The Kier molecular flexibility index (Phi) is 56.1. The zero-order valence-electron chi connectivity index (χ0n) is 62.3. The van der Waals surface area contributed by atoms with Crippen LogP contribution in [0.15, 0.2) is 147 Å². The van der Waals surface area contributed by atoms with E-state index >= 15 is 0 Å². The Morgan fingerprint density at radius 1 is 0.362 bits per heavy atom. The van der Waals surface area contributed by atoms with Crippen LogP contribution >= 0.6 is 0 Å². The van der Waals surface area contributed by atoms with Crippen molar-refractivity contribution in [2.24, 2.45) is 23.2 Å². The second kappa shape index (κ2) is 55.4. The van der Waals surface area contributed by atoms with E-state index in [1.54, 1.807) is 56.5 Å². The second-order valence-electron chi connectivity index (χ2n) is 26.0. The van der Waals surface area contributed by atoms with Gasteiger partial charge < -0.3 is 60.8 Å². The average molecular weight is 2180 g/mol. The monoisotopic (exact) mass is 2190 g/mol. The number of halogens is 7. The van der Waals surface area contributed by atoms with Crippen molar-refractivity contribution < 1.29 is 152 Å². The topological polar surface area (TPSA) is 265 Å². The van der Waals surface area contributed by atoms with Crippen LogP contribution in [0.1, 0.15) is 151 Å². The molecular formula is C78H105F7Ir4N8O8-4. The third-order valence-electron chi connectivity index (χ3n) is 14.9. The van der Waals surface area contributed by atoms with Crippen LogP contribution in [0.4, 0.5) is 30.7 Å². The number of aliphatic hydroxyl groups excluding tert-OH is 8. The van der Waals surface area contributed by atoms with E-state index in [-0.39, 0.29) is 129 Å². The van der Waals surface area contributed by atoms with E-state index in [9.17, 15) is 51.2 Å². The van der Waals surface area contributed by atoms with E-state index in [0.717, 1.165) is 87.1 Å². The normalized spacial score (nSPS) is 13.2. The number of alkyl halides is 7. The summed E-state index contributed by atoms with van der Waals surface area (Å²) in [6, 6.07) is 43.6. The van der Waals surface area contributed by atoms with Gasteiger partial charge in [0.05, 0.1) is 42.7 Å². The first-order chi connectivity index (χ1) is 47.2. The van der Waals surface area contributed by atoms with Gasteiger partial charge in [-0.3, -0.25) is 19.9 Å². The summed E-state index contributed by atoms with van der Waals surface area (Å²) >= 11 is 0. The molecule has 8 aromatic rings. The van der Waals surface area contributed by atoms with Crippen molar-refractivity contribution >= 4 is 0 Å². The molecule has 4 aromatic heterocycles. The van der Waals surface area contributed by atoms with Gasteiger partial charge in [-0.1, -0.05) is 76.2 Å². The summed E-state index contributed by atoms with van der Waals surface area (Å²) in [6.07, 6.45) is 2.46. The van der Waals surface area contributed by atoms with E-state index < -0.39 is 42.1 Å². The zero-order chi connectivity index (χ0) is 76.7. The SMILES string of the molecule is CC(C)(C)C(O)CC(O)C(F)(F)C(F)(F)C(F)(F)F.CC(C)C(O)CC(O)C(C)C.CC(C)CC(O)CC(C)O.CCC(O)CC(O)CC.Cc1nccnc1-c1[c-]cccc1.Cc1nccnc1-c1[c-]cccc1.Cc1nccnc1-c1[c-]cccc1.Cc1nccnc1-c1[c-]cccc1.[Ir].[Ir].[Ir].[Ir]. The standard InChI is InChI=1S/4C11H9N2.C10H15F7O2.C9H20O2.C8H18O2.C7H16O2.4Ir/c4*1-9-11(13-8-7-12-9)10-5-3-2-4-6-10;1-7(2,3)5(18)4-6(19)8(11,12)9(13,14)10(15,16)17;1-6(2)8(10)5-9(11)7(3)4;1-6(2)4-8(10)5-7(3)9;1-3-6(8)5-7(9)4-2;;;;/h4*2-5,7-8H,1H3;5-6,18-19H,4H2,1-3H3;6-11H,5H2,1-4H3;6-10H,4-5H2,1-3H3;6-9H,3-5H2,1-2H3;;;;/q4*-1;;;;;;;;. The van der Waals surface area contributed by atoms with Gasteiger partial charge in [-0.25, -0.2) is 0 Å². The predicted octanol–water partition coefficient (Wildman–Crippen LogP) is 15.5. The molecule has 0 saturated heterocycles. The minimum absolute atomic E-state index is 0. The summed E-state index contributed by atoms with van der Waals surface area (Å²) in [5.74, 6) is -11.1. The number of aromatic nitrogens is 8. The molecule has 27 heteroatoms. The number of rotatable bonds is 20. The predicted molar refractivity (Wildman–Crippen MR) is 381 cm³/mol. The van der Waals surface area contributed by atoms with Gasteiger partial charge in [0.25, 0.3) is 0 Å². The smallest absolute Gasteiger partial charge is 0.393 e. The van der Waals surface area contributed by atoms with Crippen molar-refractivity contribution in [1.82, 2.24) is 39.9 Å². The number of aliphatic hydroxyl groups is 8. The van der Waals surface area contributed by atoms with E-state index in [1.165, 1.54) is 20.8 Å². The number of benzene rings is 4. The molecule has 0 aliphatic rings. The molecule has 8 atom stereocenters. The fourth-order valence-electron chi connectivity index (χ4n) is 8.44. The molecule has 8 rings (SSSR count). The number of hydrogen-bond donors (Lipinski definition) is 8. The van der Waals surface area contributed by atoms with Crippen LogP contribution < -0.4 is 0 Å². The largest absolute Gasteiger partial charge is 0.459 e. The Morgan fingerprint density at radius 3 is 0.838 bits per heavy atom. The van der Waals surface area contributed by atoms with Crippen LogP contribution in [0.2, 0.25) is 0 Å². The van der Waals surface area contributed by atoms with Crippen LogP contribution in [0.25, 0.3) is 45.0 Å². The molecule has 0 spiro atoms. The van der Waals surface area contributed by atoms with Gasteiger partial charge in [0.15, 0.2) is 0 Å². The second-order valence-corrected chi connectivity index (χ2v) is 26.0. The molecule has 0 amide bonds. The summed E-state index contributed by atoms with van der Waals surface area (Å²) in [4.78, 5) is 33.7. The van der Waals surface area contributed by atoms with E-state index in [1.807, 2.05) is 166 Å². The van der Waals surface area contributed by atoms with Crippen molar-refractivity contribution in [3.63, 3.8) is 0 Å². The van der Waals surface area contributed by atoms with Gasteiger partial charge in [-0.05, 0) is 96.3 Å². The zero-order valence-corrected chi connectivity index (χ0v) is 71.9. The van der Waals surface area contributed by atoms with Crippen LogP contribution in [-0.4, -0.2) is 148 Å². The molecule has 0 saturated carbocycles. The maximum Gasteiger partial charge on any atom is 0.459 e. The molecule has 16 nitrogen and oxygen atoms in total. The average Bonchev–Trinajstić information content (AvgIpc) is 0.764. The number of aryl methyl sites for hydroxylation is 4. The van der Waals surface area contributed by atoms with Gasteiger partial charge in [-0.2, -0.15) is 30.7 Å². The summed E-state index contributed by atoms with van der Waals surface area (Å²) in [5.41, 5.74) is 10.3. The molecule has 0 bridgehead atoms. The van der Waals surface area contributed by atoms with Crippen molar-refractivity contribution in [1.29, 1.82) is 0 Å². The van der Waals surface area contributed by atoms with E-state index in [0.29, 0.717) is 25.2 Å². The first-order valence-corrected chi connectivity index (χ1v) is 33.5. The third kappa shape index (κ3) is 41.9. The van der Waals surface area contributed by atoms with Gasteiger partial charge in [-0.15, -0.1) is 144 Å². The van der Waals surface area contributed by atoms with Crippen molar-refractivity contribution in [2.75, 3.05) is 0 Å². The van der Waals surface area contributed by atoms with Crippen molar-refractivity contribution in [3.05, 3.63) is 194 Å². The first kappa shape index (κ1) is 106. The Bertz CT molecular complexity index is 3110. The molecular weight excluding hydrogens is 2080 g/mol. The van der Waals surface area contributed by atoms with Crippen LogP contribution in [0, 0.1) is 75.1 Å².